The molecule has 1 amide bonds. The van der Waals surface area contributed by atoms with Crippen LogP contribution in [0.15, 0.2) is 0 Å². The zero-order chi connectivity index (χ0) is 23.8. The normalized spacial score (nSPS) is 11.0. The number of carbonyl (C=O) groups excluding carboxylic acids is 2. The van der Waals surface area contributed by atoms with Crippen molar-refractivity contribution in [2.45, 2.75) is 123 Å². The van der Waals surface area contributed by atoms with Crippen molar-refractivity contribution in [3.63, 3.8) is 0 Å². The van der Waals surface area contributed by atoms with Gasteiger partial charge >= 0.3 is 0 Å². The molecular weight excluding hydrogens is 390 g/mol. The minimum Gasteiger partial charge on any atom is -0.549 e. The number of quaternary nitrogens is 1. The van der Waals surface area contributed by atoms with Gasteiger partial charge < -0.3 is 15.6 Å². The van der Waals surface area contributed by atoms with Crippen molar-refractivity contribution in [2.24, 2.45) is 5.73 Å². The number of amides is 1. The van der Waals surface area contributed by atoms with E-state index in [-0.39, 0.29) is 12.5 Å². The molecule has 0 aromatic heterocycles. The number of hydrogen-bond acceptors (Lipinski definition) is 4. The Morgan fingerprint density at radius 2 is 1.06 bits per heavy atom. The van der Waals surface area contributed by atoms with Gasteiger partial charge in [-0.2, -0.15) is 0 Å². The highest BCUT2D eigenvalue weighted by Crippen LogP contribution is 2.13. The Hall–Kier alpha value is -1.14. The van der Waals surface area contributed by atoms with E-state index in [0.717, 1.165) is 19.4 Å². The number of carboxylic acid groups (broad SMARTS) is 1. The molecule has 0 aromatic carbocycles. The fourth-order valence-corrected chi connectivity index (χ4v) is 3.67. The number of carbonyl (C=O) groups is 2. The lowest BCUT2D eigenvalue weighted by molar-refractivity contribution is -0.925. The number of nitrogens with zero attached hydrogens (tertiary/aromatic N) is 1. The minimum atomic E-state index is -1.22. The lowest BCUT2D eigenvalue weighted by atomic mass is 10.0. The third-order valence-electron chi connectivity index (χ3n) is 5.38. The molecule has 0 aliphatic heterocycles. The number of rotatable bonds is 20. The second-order valence-corrected chi connectivity index (χ2v) is 9.22. The Balaban J connectivity index is 0. The number of hydrogen-bond donors (Lipinski definition) is 2. The third kappa shape index (κ3) is 28.9. The van der Waals surface area contributed by atoms with Crippen LogP contribution in [-0.4, -0.2) is 43.7 Å². The molecule has 0 saturated carbocycles. The minimum absolute atomic E-state index is 0.207. The van der Waals surface area contributed by atoms with Crippen LogP contribution in [0.1, 0.15) is 123 Å². The summed E-state index contributed by atoms with van der Waals surface area (Å²) in [6.07, 6.45) is 22.3. The van der Waals surface area contributed by atoms with E-state index in [0.29, 0.717) is 11.0 Å². The predicted octanol–water partition coefficient (Wildman–Crippen LogP) is 4.46. The summed E-state index contributed by atoms with van der Waals surface area (Å²) in [7, 11) is 4.13. The van der Waals surface area contributed by atoms with Gasteiger partial charge in [-0.25, -0.2) is 10.0 Å². The van der Waals surface area contributed by atoms with E-state index in [1.54, 1.807) is 0 Å². The molecule has 0 atom stereocenters. The van der Waals surface area contributed by atoms with Gasteiger partial charge in [0, 0.05) is 13.0 Å². The Kier molecular flexibility index (Phi) is 24.3. The van der Waals surface area contributed by atoms with Crippen LogP contribution in [0.25, 0.3) is 0 Å². The van der Waals surface area contributed by atoms with Crippen LogP contribution in [-0.2, 0) is 9.59 Å². The topological polar surface area (TPSA) is 95.2 Å². The van der Waals surface area contributed by atoms with Crippen LogP contribution >= 0.6 is 0 Å². The molecule has 3 N–H and O–H groups in total. The van der Waals surface area contributed by atoms with Crippen molar-refractivity contribution in [2.75, 3.05) is 27.2 Å². The van der Waals surface area contributed by atoms with E-state index in [9.17, 15) is 4.79 Å². The van der Waals surface area contributed by atoms with E-state index in [4.69, 9.17) is 9.90 Å². The first-order valence-corrected chi connectivity index (χ1v) is 12.8. The molecule has 0 heterocycles. The Morgan fingerprint density at radius 1 is 0.710 bits per heavy atom. The molecule has 0 unspecified atom stereocenters. The molecule has 0 aliphatic rings. The van der Waals surface area contributed by atoms with Gasteiger partial charge in [0.2, 0.25) is 0 Å². The summed E-state index contributed by atoms with van der Waals surface area (Å²) in [5, 5.41) is 9.13. The van der Waals surface area contributed by atoms with Crippen LogP contribution in [0, 0.1) is 0 Å². The highest BCUT2D eigenvalue weighted by atomic mass is 16.4. The predicted molar refractivity (Wildman–Crippen MR) is 129 cm³/mol. The van der Waals surface area contributed by atoms with Gasteiger partial charge in [0.15, 0.2) is 0 Å². The fourth-order valence-electron chi connectivity index (χ4n) is 3.67. The molecule has 0 aliphatic carbocycles. The molecule has 6 nitrogen and oxygen atoms in total. The van der Waals surface area contributed by atoms with Gasteiger partial charge in [-0.15, -0.1) is 0 Å². The maximum atomic E-state index is 11.9. The Morgan fingerprint density at radius 3 is 1.39 bits per heavy atom. The molecule has 0 fully saturated rings. The van der Waals surface area contributed by atoms with Crippen LogP contribution < -0.4 is 16.3 Å². The Labute approximate surface area is 192 Å². The number of nitrogens with one attached hydrogen (secondary N) is 1. The van der Waals surface area contributed by atoms with Crippen LogP contribution in [0.5, 0.6) is 0 Å². The van der Waals surface area contributed by atoms with Crippen molar-refractivity contribution >= 4 is 11.9 Å². The van der Waals surface area contributed by atoms with Crippen molar-refractivity contribution in [1.29, 1.82) is 0 Å². The summed E-state index contributed by atoms with van der Waals surface area (Å²) in [6.45, 7) is 5.04. The van der Waals surface area contributed by atoms with Crippen molar-refractivity contribution < 1.29 is 19.3 Å². The largest absolute Gasteiger partial charge is 0.549 e. The number of unbranched alkanes of at least 4 members (excludes halogenated alkanes) is 14. The molecule has 0 saturated heterocycles. The molecule has 0 radical (unpaired) electrons. The van der Waals surface area contributed by atoms with Gasteiger partial charge in [-0.1, -0.05) is 104 Å². The highest BCUT2D eigenvalue weighted by molar-refractivity contribution is 5.74. The number of nitrogens with two attached hydrogens (primary N) is 1. The van der Waals surface area contributed by atoms with E-state index < -0.39 is 5.97 Å². The zero-order valence-electron chi connectivity index (χ0n) is 21.2. The average molecular weight is 444 g/mol. The first kappa shape index (κ1) is 32.0. The second-order valence-electron chi connectivity index (χ2n) is 9.22. The maximum Gasteiger partial charge on any atom is 0.264 e. The summed E-state index contributed by atoms with van der Waals surface area (Å²) in [4.78, 5) is 21.1. The second kappa shape index (κ2) is 23.5. The van der Waals surface area contributed by atoms with E-state index in [2.05, 4.69) is 39.1 Å². The van der Waals surface area contributed by atoms with Crippen LogP contribution in [0.4, 0.5) is 0 Å². The Bertz CT molecular complexity index is 415. The van der Waals surface area contributed by atoms with Gasteiger partial charge in [-0.05, 0) is 12.8 Å². The molecular formula is C25H53N3O3. The number of carboxylic acids is 1. The monoisotopic (exact) mass is 443 g/mol. The quantitative estimate of drug-likeness (QED) is 0.165. The lowest BCUT2D eigenvalue weighted by Crippen LogP contribution is -2.54. The third-order valence-corrected chi connectivity index (χ3v) is 5.38. The van der Waals surface area contributed by atoms with Gasteiger partial charge in [-0.3, -0.25) is 4.79 Å². The van der Waals surface area contributed by atoms with Gasteiger partial charge in [0.1, 0.15) is 6.54 Å². The summed E-state index contributed by atoms with van der Waals surface area (Å²) >= 11 is 0. The fraction of sp³-hybridized carbons (Fsp3) is 0.920. The SMILES string of the molecule is CCCCCCCCCCCCCCCCCC(=O)N[N+](C)(C)CCC.NCC(=O)[O-]. The first-order chi connectivity index (χ1) is 14.8. The molecule has 0 spiro atoms. The molecule has 31 heavy (non-hydrogen) atoms. The summed E-state index contributed by atoms with van der Waals surface area (Å²) in [5.74, 6) is -1.01. The maximum absolute atomic E-state index is 11.9. The highest BCUT2D eigenvalue weighted by Gasteiger charge is 2.16. The smallest absolute Gasteiger partial charge is 0.264 e. The molecule has 0 bridgehead atoms. The van der Waals surface area contributed by atoms with Crippen LogP contribution in [0.2, 0.25) is 0 Å². The van der Waals surface area contributed by atoms with Crippen molar-refractivity contribution in [3.05, 3.63) is 0 Å². The van der Waals surface area contributed by atoms with E-state index in [1.807, 2.05) is 0 Å². The number of aliphatic carboxylic acids is 1. The van der Waals surface area contributed by atoms with Crippen molar-refractivity contribution in [1.82, 2.24) is 5.43 Å². The summed E-state index contributed by atoms with van der Waals surface area (Å²) < 4.78 is 0.605. The van der Waals surface area contributed by atoms with Gasteiger partial charge in [0.25, 0.3) is 5.91 Å². The lowest BCUT2D eigenvalue weighted by Gasteiger charge is -2.28. The summed E-state index contributed by atoms with van der Waals surface area (Å²) in [5.41, 5.74) is 7.61. The average Bonchev–Trinajstić information content (AvgIpc) is 2.70. The van der Waals surface area contributed by atoms with E-state index in [1.165, 1.54) is 89.9 Å². The standard InChI is InChI=1S/C23H48N2O.C2H5NO2/c1-5-7-8-9-10-11-12-13-14-15-16-17-18-19-20-21-23(26)24-25(3,4)22-6-2;3-1-2(4)5/h5-22H2,1-4H3;1,3H2,(H,4,5). The summed E-state index contributed by atoms with van der Waals surface area (Å²) in [6, 6.07) is 0. The van der Waals surface area contributed by atoms with E-state index >= 15 is 0 Å². The van der Waals surface area contributed by atoms with Crippen LogP contribution in [0.3, 0.4) is 0 Å². The molecule has 6 heteroatoms. The first-order valence-electron chi connectivity index (χ1n) is 12.8. The molecule has 186 valence electrons. The van der Waals surface area contributed by atoms with Crippen molar-refractivity contribution in [3.8, 4) is 0 Å². The molecule has 0 aromatic rings. The van der Waals surface area contributed by atoms with Gasteiger partial charge in [0.05, 0.1) is 20.1 Å². The molecule has 0 rings (SSSR count). The zero-order valence-corrected chi connectivity index (χ0v) is 21.2.